The van der Waals surface area contributed by atoms with E-state index in [4.69, 9.17) is 28.4 Å². The number of fused-ring (bicyclic) bond motifs is 5. The molecular weight excluding hydrogens is 893 g/mol. The van der Waals surface area contributed by atoms with Gasteiger partial charge in [-0.25, -0.2) is 0 Å². The Morgan fingerprint density at radius 3 is 1.75 bits per heavy atom. The number of allylic oxidation sites excluding steroid dienone is 1. The third kappa shape index (κ3) is 9.10. The highest BCUT2D eigenvalue weighted by molar-refractivity contribution is 5.32. The maximum atomic E-state index is 12.7. The maximum Gasteiger partial charge on any atom is 0.187 e. The van der Waals surface area contributed by atoms with Crippen LogP contribution in [-0.4, -0.2) is 202 Å². The minimum Gasteiger partial charge on any atom is -0.394 e. The van der Waals surface area contributed by atoms with E-state index in [0.29, 0.717) is 25.7 Å². The summed E-state index contributed by atoms with van der Waals surface area (Å²) in [7, 11) is 0. The lowest BCUT2D eigenvalue weighted by Gasteiger charge is -2.68. The van der Waals surface area contributed by atoms with Gasteiger partial charge in [0.15, 0.2) is 18.9 Å². The van der Waals surface area contributed by atoms with Gasteiger partial charge in [0.05, 0.1) is 43.7 Å². The SMILES string of the molecule is CC[C@@]12CCC([C@H](C)CC[C@@H](O[C@@H]3O[C@H](CO)[C@@H](O)[C@H](O)[C@H]3O[C@H]3O[C@@H](CO)[C@H](O)[C@@H](O)[C@@H]3O)C(C)(C)O)[C@@]1(C)C[C@@H](O)[C@@]1(C)C3CC[C@H](O[C@@H]4O[C@H](CO)[C@@H](O)[C@H](O)[C@H]4O)C(C)(C)C3=CCC12. The smallest absolute Gasteiger partial charge is 0.187 e. The molecule has 0 aromatic rings. The van der Waals surface area contributed by atoms with E-state index in [9.17, 15) is 66.4 Å². The molecule has 4 aliphatic carbocycles. The molecule has 3 saturated carbocycles. The fraction of sp³-hybridized carbons (Fsp3) is 0.959. The lowest BCUT2D eigenvalue weighted by molar-refractivity contribution is -0.375. The summed E-state index contributed by atoms with van der Waals surface area (Å²) in [4.78, 5) is 0. The molecule has 394 valence electrons. The minimum atomic E-state index is -1.83. The zero-order valence-corrected chi connectivity index (χ0v) is 41.0. The third-order valence-electron chi connectivity index (χ3n) is 19.0. The van der Waals surface area contributed by atoms with Crippen molar-refractivity contribution in [3.63, 3.8) is 0 Å². The lowest BCUT2D eigenvalue weighted by Crippen LogP contribution is -2.65. The molecule has 0 aromatic carbocycles. The molecule has 3 aliphatic heterocycles. The van der Waals surface area contributed by atoms with Crippen LogP contribution in [0, 0.1) is 45.3 Å². The number of rotatable bonds is 15. The second-order valence-electron chi connectivity index (χ2n) is 23.1. The van der Waals surface area contributed by atoms with E-state index in [0.717, 1.165) is 32.1 Å². The second kappa shape index (κ2) is 20.4. The third-order valence-corrected chi connectivity index (χ3v) is 19.0. The number of aliphatic hydroxyl groups is 13. The fourth-order valence-electron chi connectivity index (χ4n) is 14.8. The average molecular weight is 977 g/mol. The summed E-state index contributed by atoms with van der Waals surface area (Å²) < 4.78 is 36.0. The van der Waals surface area contributed by atoms with Crippen LogP contribution in [0.4, 0.5) is 0 Å². The van der Waals surface area contributed by atoms with Crippen molar-refractivity contribution in [1.82, 2.24) is 0 Å². The molecule has 0 radical (unpaired) electrons. The Balaban J connectivity index is 1.08. The topological polar surface area (TPSA) is 318 Å². The molecule has 19 nitrogen and oxygen atoms in total. The van der Waals surface area contributed by atoms with Gasteiger partial charge >= 0.3 is 0 Å². The van der Waals surface area contributed by atoms with Gasteiger partial charge in [-0.3, -0.25) is 0 Å². The summed E-state index contributed by atoms with van der Waals surface area (Å²) in [5, 5.41) is 139. The van der Waals surface area contributed by atoms with E-state index in [-0.39, 0.29) is 34.5 Å². The second-order valence-corrected chi connectivity index (χ2v) is 23.1. The molecule has 13 N–H and O–H groups in total. The van der Waals surface area contributed by atoms with E-state index in [1.165, 1.54) is 5.57 Å². The van der Waals surface area contributed by atoms with Gasteiger partial charge < -0.3 is 94.8 Å². The summed E-state index contributed by atoms with van der Waals surface area (Å²) in [6.07, 6.45) is -16.3. The van der Waals surface area contributed by atoms with Gasteiger partial charge in [-0.2, -0.15) is 0 Å². The van der Waals surface area contributed by atoms with E-state index in [1.807, 2.05) is 0 Å². The van der Waals surface area contributed by atoms with Crippen LogP contribution in [-0.2, 0) is 28.4 Å². The zero-order chi connectivity index (χ0) is 50.2. The number of ether oxygens (including phenoxy) is 6. The van der Waals surface area contributed by atoms with E-state index in [1.54, 1.807) is 13.8 Å². The Kier molecular flexibility index (Phi) is 16.4. The van der Waals surface area contributed by atoms with Crippen LogP contribution in [0.2, 0.25) is 0 Å². The molecule has 3 heterocycles. The molecular formula is C49H84O19. The van der Waals surface area contributed by atoms with Crippen molar-refractivity contribution < 1.29 is 94.8 Å². The van der Waals surface area contributed by atoms with Crippen molar-refractivity contribution in [1.29, 1.82) is 0 Å². The van der Waals surface area contributed by atoms with Crippen molar-refractivity contribution in [2.45, 2.75) is 229 Å². The minimum absolute atomic E-state index is 0.0515. The van der Waals surface area contributed by atoms with Gasteiger partial charge in [0.25, 0.3) is 0 Å². The summed E-state index contributed by atoms with van der Waals surface area (Å²) in [5.41, 5.74) is -1.65. The molecule has 0 spiro atoms. The molecule has 0 bridgehead atoms. The van der Waals surface area contributed by atoms with Gasteiger partial charge in [0.2, 0.25) is 0 Å². The van der Waals surface area contributed by atoms with Gasteiger partial charge in [0.1, 0.15) is 73.2 Å². The first-order valence-corrected chi connectivity index (χ1v) is 25.1. The Hall–Kier alpha value is -1.02. The van der Waals surface area contributed by atoms with E-state index < -0.39 is 147 Å². The molecule has 25 atom stereocenters. The monoisotopic (exact) mass is 977 g/mol. The summed E-state index contributed by atoms with van der Waals surface area (Å²) >= 11 is 0. The Morgan fingerprint density at radius 2 is 1.22 bits per heavy atom. The standard InChI is InChI=1S/C49H84O19/c1-9-49-17-16-23(22(2)10-14-32(46(5,6)62)67-44-41(38(59)35(56)28(21-52)65-44)68-43-40(61)37(58)34(55)27(20-51)64-43)47(49,7)18-30(53)48(8)25-12-15-31(45(3,4)24(25)11-13-29(48)49)66-42-39(60)36(57)33(54)26(19-50)63-42/h11,22-23,25-44,50-62H,9-10,12-21H2,1-8H3/t22-,23?,25?,26-,27+,28-,29?,30-,31+,32-,33-,34+,35-,36+,37-,38+,39-,40+,41-,42+,43-,44+,47-,48+,49+/m1/s1. The summed E-state index contributed by atoms with van der Waals surface area (Å²) in [5.74, 6) is 0.498. The van der Waals surface area contributed by atoms with Gasteiger partial charge in [0, 0.05) is 10.8 Å². The number of hydrogen-bond donors (Lipinski definition) is 13. The van der Waals surface area contributed by atoms with Crippen LogP contribution in [0.15, 0.2) is 11.6 Å². The zero-order valence-electron chi connectivity index (χ0n) is 41.0. The first kappa shape index (κ1) is 54.7. The van der Waals surface area contributed by atoms with Gasteiger partial charge in [-0.05, 0) is 106 Å². The van der Waals surface area contributed by atoms with Gasteiger partial charge in [-0.15, -0.1) is 0 Å². The van der Waals surface area contributed by atoms with Crippen molar-refractivity contribution in [2.24, 2.45) is 45.3 Å². The van der Waals surface area contributed by atoms with Crippen molar-refractivity contribution in [3.8, 4) is 0 Å². The van der Waals surface area contributed by atoms with Gasteiger partial charge in [-0.1, -0.05) is 53.2 Å². The van der Waals surface area contributed by atoms with Crippen molar-refractivity contribution in [3.05, 3.63) is 11.6 Å². The highest BCUT2D eigenvalue weighted by Gasteiger charge is 2.71. The van der Waals surface area contributed by atoms with Crippen molar-refractivity contribution >= 4 is 0 Å². The number of aliphatic hydroxyl groups excluding tert-OH is 12. The van der Waals surface area contributed by atoms with Crippen LogP contribution in [0.3, 0.4) is 0 Å². The van der Waals surface area contributed by atoms with E-state index >= 15 is 0 Å². The fourth-order valence-corrected chi connectivity index (χ4v) is 14.8. The first-order chi connectivity index (χ1) is 31.8. The average Bonchev–Trinajstić information content (AvgIpc) is 3.59. The number of hydrogen-bond acceptors (Lipinski definition) is 19. The summed E-state index contributed by atoms with van der Waals surface area (Å²) in [6.45, 7) is 14.5. The maximum absolute atomic E-state index is 12.7. The van der Waals surface area contributed by atoms with E-state index in [2.05, 4.69) is 47.6 Å². The van der Waals surface area contributed by atoms with Crippen LogP contribution in [0.25, 0.3) is 0 Å². The molecule has 3 saturated heterocycles. The normalized spacial score (nSPS) is 50.4. The molecule has 3 unspecified atom stereocenters. The molecule has 6 fully saturated rings. The first-order valence-electron chi connectivity index (χ1n) is 25.1. The predicted molar refractivity (Wildman–Crippen MR) is 240 cm³/mol. The summed E-state index contributed by atoms with van der Waals surface area (Å²) in [6, 6.07) is 0. The Morgan fingerprint density at radius 1 is 0.691 bits per heavy atom. The lowest BCUT2D eigenvalue weighted by atomic mass is 9.37. The highest BCUT2D eigenvalue weighted by atomic mass is 16.8. The van der Waals surface area contributed by atoms with Crippen LogP contribution in [0.1, 0.15) is 113 Å². The molecule has 68 heavy (non-hydrogen) atoms. The van der Waals surface area contributed by atoms with Crippen molar-refractivity contribution in [2.75, 3.05) is 19.8 Å². The Labute approximate surface area is 400 Å². The largest absolute Gasteiger partial charge is 0.394 e. The van der Waals surface area contributed by atoms with Crippen LogP contribution >= 0.6 is 0 Å². The molecule has 7 aliphatic rings. The highest BCUT2D eigenvalue weighted by Crippen LogP contribution is 2.76. The molecule has 0 aromatic heterocycles. The van der Waals surface area contributed by atoms with Crippen LogP contribution in [0.5, 0.6) is 0 Å². The quantitative estimate of drug-likeness (QED) is 0.0906. The molecule has 0 amide bonds. The molecule has 7 rings (SSSR count). The Bertz CT molecular complexity index is 1730. The van der Waals surface area contributed by atoms with Crippen LogP contribution < -0.4 is 0 Å². The molecule has 19 heteroatoms. The predicted octanol–water partition coefficient (Wildman–Crippen LogP) is -0.666.